The highest BCUT2D eigenvalue weighted by molar-refractivity contribution is 7.89. The third-order valence-corrected chi connectivity index (χ3v) is 7.03. The number of aromatic nitrogens is 1. The molecule has 9 heteroatoms. The zero-order valence-corrected chi connectivity index (χ0v) is 17.7. The number of carbonyl (C=O) groups excluding carboxylic acids is 1. The molecule has 0 saturated carbocycles. The van der Waals surface area contributed by atoms with Crippen molar-refractivity contribution in [3.8, 4) is 0 Å². The van der Waals surface area contributed by atoms with Crippen LogP contribution in [0.1, 0.15) is 29.6 Å². The lowest BCUT2D eigenvalue weighted by molar-refractivity contribution is 0.0706. The quantitative estimate of drug-likeness (QED) is 0.415. The molecule has 4 rings (SSSR count). The molecule has 0 aliphatic carbocycles. The molecule has 1 atom stereocenters. The largest absolute Gasteiger partial charge is 0.357 e. The van der Waals surface area contributed by atoms with Crippen molar-refractivity contribution >= 4 is 32.5 Å². The van der Waals surface area contributed by atoms with Gasteiger partial charge in [-0.3, -0.25) is 10.0 Å². The van der Waals surface area contributed by atoms with Crippen LogP contribution in [-0.4, -0.2) is 43.6 Å². The average molecular weight is 441 g/mol. The van der Waals surface area contributed by atoms with E-state index < -0.39 is 15.9 Å². The van der Waals surface area contributed by atoms with Crippen molar-refractivity contribution in [2.45, 2.75) is 30.2 Å². The lowest BCUT2D eigenvalue weighted by Crippen LogP contribution is -2.35. The number of hydrogen-bond acceptors (Lipinski definition) is 6. The van der Waals surface area contributed by atoms with E-state index >= 15 is 0 Å². The molecule has 1 aromatic heterocycles. The van der Waals surface area contributed by atoms with E-state index in [9.17, 15) is 13.2 Å². The van der Waals surface area contributed by atoms with Crippen LogP contribution in [0.3, 0.4) is 0 Å². The highest BCUT2D eigenvalue weighted by Crippen LogP contribution is 2.22. The summed E-state index contributed by atoms with van der Waals surface area (Å²) in [6.45, 7) is 1.39. The van der Waals surface area contributed by atoms with Crippen molar-refractivity contribution in [3.05, 3.63) is 66.4 Å². The Labute approximate surface area is 180 Å². The first-order valence-corrected chi connectivity index (χ1v) is 11.6. The van der Waals surface area contributed by atoms with Crippen LogP contribution >= 0.6 is 0 Å². The minimum absolute atomic E-state index is 0.166. The number of sulfonamides is 1. The Balaban J connectivity index is 1.42. The van der Waals surface area contributed by atoms with Crippen LogP contribution in [0.4, 0.5) is 5.82 Å². The fraction of sp³-hybridized carbons (Fsp3) is 0.273. The molecule has 8 nitrogen and oxygen atoms in total. The fourth-order valence-corrected chi connectivity index (χ4v) is 5.18. The number of rotatable bonds is 5. The number of anilines is 1. The van der Waals surface area contributed by atoms with Gasteiger partial charge in [0.1, 0.15) is 5.82 Å². The predicted molar refractivity (Wildman–Crippen MR) is 118 cm³/mol. The molecule has 1 aliphatic rings. The van der Waals surface area contributed by atoms with Gasteiger partial charge in [-0.2, -0.15) is 0 Å². The van der Waals surface area contributed by atoms with Crippen molar-refractivity contribution in [3.63, 3.8) is 0 Å². The van der Waals surface area contributed by atoms with Gasteiger partial charge in [-0.05, 0) is 54.3 Å². The number of hydrogen-bond donors (Lipinski definition) is 3. The summed E-state index contributed by atoms with van der Waals surface area (Å²) < 4.78 is 28.7. The highest BCUT2D eigenvalue weighted by Gasteiger charge is 2.24. The van der Waals surface area contributed by atoms with Crippen molar-refractivity contribution < 1.29 is 18.4 Å². The van der Waals surface area contributed by atoms with Crippen molar-refractivity contribution in [1.29, 1.82) is 0 Å². The first-order valence-electron chi connectivity index (χ1n) is 10.1. The van der Waals surface area contributed by atoms with E-state index in [2.05, 4.69) is 14.6 Å². The predicted octanol–water partition coefficient (Wildman–Crippen LogP) is 2.69. The number of carbonyl (C=O) groups is 1. The maximum absolute atomic E-state index is 12.9. The number of benzene rings is 2. The van der Waals surface area contributed by atoms with Gasteiger partial charge in [-0.15, -0.1) is 0 Å². The Morgan fingerprint density at radius 1 is 1.03 bits per heavy atom. The number of nitrogens with one attached hydrogen (secondary N) is 2. The summed E-state index contributed by atoms with van der Waals surface area (Å²) in [4.78, 5) is 18.1. The Morgan fingerprint density at radius 3 is 2.58 bits per heavy atom. The van der Waals surface area contributed by atoms with Crippen LogP contribution < -0.4 is 15.1 Å². The Hall–Kier alpha value is -3.01. The Morgan fingerprint density at radius 2 is 1.84 bits per heavy atom. The van der Waals surface area contributed by atoms with Crippen LogP contribution in [-0.2, 0) is 10.0 Å². The van der Waals surface area contributed by atoms with E-state index in [0.717, 1.165) is 30.2 Å². The van der Waals surface area contributed by atoms with Gasteiger partial charge >= 0.3 is 0 Å². The Bertz CT molecular complexity index is 1180. The van der Waals surface area contributed by atoms with Crippen LogP contribution in [0, 0.1) is 0 Å². The highest BCUT2D eigenvalue weighted by atomic mass is 32.2. The second-order valence-corrected chi connectivity index (χ2v) is 9.31. The zero-order valence-electron chi connectivity index (χ0n) is 16.9. The van der Waals surface area contributed by atoms with Crippen LogP contribution in [0.25, 0.3) is 10.8 Å². The van der Waals surface area contributed by atoms with Gasteiger partial charge in [-0.25, -0.2) is 23.6 Å². The van der Waals surface area contributed by atoms with E-state index in [1.54, 1.807) is 29.7 Å². The van der Waals surface area contributed by atoms with Gasteiger partial charge in [0.25, 0.3) is 5.91 Å². The van der Waals surface area contributed by atoms with E-state index in [0.29, 0.717) is 18.8 Å². The van der Waals surface area contributed by atoms with Crippen LogP contribution in [0.2, 0.25) is 0 Å². The molecule has 0 radical (unpaired) electrons. The molecule has 1 unspecified atom stereocenters. The van der Waals surface area contributed by atoms with Crippen molar-refractivity contribution in [2.75, 3.05) is 18.0 Å². The molecule has 0 bridgehead atoms. The molecule has 162 valence electrons. The third-order valence-electron chi connectivity index (χ3n) is 5.52. The van der Waals surface area contributed by atoms with Crippen LogP contribution in [0.15, 0.2) is 65.7 Å². The van der Waals surface area contributed by atoms with Gasteiger partial charge in [-0.1, -0.05) is 30.3 Å². The normalized spacial score (nSPS) is 17.3. The lowest BCUT2D eigenvalue weighted by atomic mass is 10.1. The first kappa shape index (κ1) is 21.2. The molecule has 31 heavy (non-hydrogen) atoms. The van der Waals surface area contributed by atoms with Gasteiger partial charge in [0, 0.05) is 25.3 Å². The maximum atomic E-state index is 12.9. The number of hydroxylamine groups is 1. The molecule has 1 amide bonds. The average Bonchev–Trinajstić information content (AvgIpc) is 3.03. The summed E-state index contributed by atoms with van der Waals surface area (Å²) in [6, 6.07) is 16.0. The van der Waals surface area contributed by atoms with E-state index in [-0.39, 0.29) is 16.5 Å². The SMILES string of the molecule is O=C(NO)c1ccc(N2CCCC(NS(=O)(=O)c3ccc4ccccc4c3)CC2)nc1. The summed E-state index contributed by atoms with van der Waals surface area (Å²) in [5, 5.41) is 10.6. The summed E-state index contributed by atoms with van der Waals surface area (Å²) >= 11 is 0. The van der Waals surface area contributed by atoms with Gasteiger partial charge < -0.3 is 4.90 Å². The van der Waals surface area contributed by atoms with Gasteiger partial charge in [0.2, 0.25) is 10.0 Å². The number of amides is 1. The number of nitrogens with zero attached hydrogens (tertiary/aromatic N) is 2. The van der Waals surface area contributed by atoms with E-state index in [1.807, 2.05) is 30.3 Å². The minimum Gasteiger partial charge on any atom is -0.357 e. The summed E-state index contributed by atoms with van der Waals surface area (Å²) in [6.07, 6.45) is 3.60. The summed E-state index contributed by atoms with van der Waals surface area (Å²) in [5.41, 5.74) is 1.85. The van der Waals surface area contributed by atoms with E-state index in [1.165, 1.54) is 6.20 Å². The van der Waals surface area contributed by atoms with Gasteiger partial charge in [0.05, 0.1) is 10.5 Å². The molecule has 1 fully saturated rings. The molecule has 0 spiro atoms. The topological polar surface area (TPSA) is 112 Å². The number of pyridine rings is 1. The van der Waals surface area contributed by atoms with Crippen molar-refractivity contribution in [2.24, 2.45) is 0 Å². The zero-order chi connectivity index (χ0) is 21.8. The maximum Gasteiger partial charge on any atom is 0.276 e. The molecular formula is C22H24N4O4S. The molecule has 2 aromatic carbocycles. The molecular weight excluding hydrogens is 416 g/mol. The van der Waals surface area contributed by atoms with E-state index in [4.69, 9.17) is 5.21 Å². The molecule has 1 saturated heterocycles. The Kier molecular flexibility index (Phi) is 6.17. The summed E-state index contributed by atoms with van der Waals surface area (Å²) in [5.74, 6) is 0.102. The lowest BCUT2D eigenvalue weighted by Gasteiger charge is -2.22. The molecule has 3 aromatic rings. The van der Waals surface area contributed by atoms with Gasteiger partial charge in [0.15, 0.2) is 0 Å². The summed E-state index contributed by atoms with van der Waals surface area (Å²) in [7, 11) is -3.62. The van der Waals surface area contributed by atoms with Crippen LogP contribution in [0.5, 0.6) is 0 Å². The molecule has 2 heterocycles. The second kappa shape index (κ2) is 9.01. The monoisotopic (exact) mass is 440 g/mol. The standard InChI is InChI=1S/C22H24N4O4S/c27-22(24-28)18-8-10-21(23-15-18)26-12-3-6-19(11-13-26)25-31(29,30)20-9-7-16-4-1-2-5-17(16)14-20/h1-2,4-5,7-10,14-15,19,25,28H,3,6,11-13H2,(H,24,27). The second-order valence-electron chi connectivity index (χ2n) is 7.59. The number of fused-ring (bicyclic) bond motifs is 1. The van der Waals surface area contributed by atoms with Crippen molar-refractivity contribution in [1.82, 2.24) is 15.2 Å². The smallest absolute Gasteiger partial charge is 0.276 e. The first-order chi connectivity index (χ1) is 15.0. The minimum atomic E-state index is -3.62. The molecule has 3 N–H and O–H groups in total. The molecule has 1 aliphatic heterocycles. The fourth-order valence-electron chi connectivity index (χ4n) is 3.84. The third kappa shape index (κ3) is 4.84.